The predicted octanol–water partition coefficient (Wildman–Crippen LogP) is 2.50. The molecular formula is C18H23N3O4S. The van der Waals surface area contributed by atoms with Crippen LogP contribution in [0.5, 0.6) is 5.75 Å². The van der Waals surface area contributed by atoms with E-state index in [1.54, 1.807) is 37.4 Å². The Labute approximate surface area is 153 Å². The van der Waals surface area contributed by atoms with E-state index >= 15 is 0 Å². The Morgan fingerprint density at radius 1 is 1.12 bits per heavy atom. The van der Waals surface area contributed by atoms with E-state index in [1.165, 1.54) is 0 Å². The molecule has 2 aromatic carbocycles. The number of methoxy groups -OCH3 is 1. The average Bonchev–Trinajstić information content (AvgIpc) is 2.62. The van der Waals surface area contributed by atoms with Gasteiger partial charge in [-0.25, -0.2) is 13.2 Å². The summed E-state index contributed by atoms with van der Waals surface area (Å²) in [6.07, 6.45) is 0. The summed E-state index contributed by atoms with van der Waals surface area (Å²) in [4.78, 5) is 12.0. The lowest BCUT2D eigenvalue weighted by atomic mass is 10.1. The Kier molecular flexibility index (Phi) is 6.85. The molecule has 0 spiro atoms. The van der Waals surface area contributed by atoms with E-state index in [9.17, 15) is 13.2 Å². The number of para-hydroxylation sites is 1. The van der Waals surface area contributed by atoms with Crippen LogP contribution in [0.3, 0.4) is 0 Å². The molecule has 7 nitrogen and oxygen atoms in total. The zero-order valence-corrected chi connectivity index (χ0v) is 15.5. The first-order valence-electron chi connectivity index (χ1n) is 8.13. The second kappa shape index (κ2) is 9.10. The summed E-state index contributed by atoms with van der Waals surface area (Å²) in [7, 11) is -1.95. The molecule has 26 heavy (non-hydrogen) atoms. The number of anilines is 1. The van der Waals surface area contributed by atoms with Crippen LogP contribution in [0.1, 0.15) is 18.5 Å². The third-order valence-electron chi connectivity index (χ3n) is 3.64. The normalized spacial score (nSPS) is 12.1. The molecule has 0 saturated heterocycles. The predicted molar refractivity (Wildman–Crippen MR) is 102 cm³/mol. The van der Waals surface area contributed by atoms with Crippen molar-refractivity contribution in [3.05, 3.63) is 60.2 Å². The summed E-state index contributed by atoms with van der Waals surface area (Å²) in [5, 5.41) is 5.32. The molecule has 2 rings (SSSR count). The molecule has 0 saturated carbocycles. The first-order valence-corrected chi connectivity index (χ1v) is 9.79. The van der Waals surface area contributed by atoms with Gasteiger partial charge in [0.25, 0.3) is 0 Å². The molecule has 0 aromatic heterocycles. The van der Waals surface area contributed by atoms with Crippen molar-refractivity contribution in [2.45, 2.75) is 13.0 Å². The largest absolute Gasteiger partial charge is 0.497 e. The number of benzene rings is 2. The van der Waals surface area contributed by atoms with Gasteiger partial charge in [-0.2, -0.15) is 0 Å². The summed E-state index contributed by atoms with van der Waals surface area (Å²) in [5.74, 6) is 0.484. The molecular weight excluding hydrogens is 354 g/mol. The van der Waals surface area contributed by atoms with Crippen LogP contribution in [0.15, 0.2) is 54.6 Å². The van der Waals surface area contributed by atoms with Gasteiger partial charge in [0, 0.05) is 12.2 Å². The van der Waals surface area contributed by atoms with E-state index < -0.39 is 16.1 Å². The minimum absolute atomic E-state index is 0.00116. The molecule has 1 atom stereocenters. The van der Waals surface area contributed by atoms with Crippen molar-refractivity contribution in [1.82, 2.24) is 10.6 Å². The van der Waals surface area contributed by atoms with Crippen molar-refractivity contribution in [1.29, 1.82) is 0 Å². The number of hydrogen-bond donors (Lipinski definition) is 3. The van der Waals surface area contributed by atoms with Crippen molar-refractivity contribution >= 4 is 21.7 Å². The van der Waals surface area contributed by atoms with Crippen LogP contribution in [0.25, 0.3) is 0 Å². The third-order valence-corrected chi connectivity index (χ3v) is 4.93. The van der Waals surface area contributed by atoms with Crippen molar-refractivity contribution in [2.24, 2.45) is 0 Å². The molecule has 3 N–H and O–H groups in total. The highest BCUT2D eigenvalue weighted by molar-refractivity contribution is 7.92. The fraction of sp³-hybridized carbons (Fsp3) is 0.278. The Bertz CT molecular complexity index is 825. The molecule has 2 amide bonds. The molecule has 0 aliphatic heterocycles. The van der Waals surface area contributed by atoms with Gasteiger partial charge in [0.1, 0.15) is 5.75 Å². The fourth-order valence-electron chi connectivity index (χ4n) is 2.28. The summed E-state index contributed by atoms with van der Waals surface area (Å²) in [5.41, 5.74) is 1.38. The minimum atomic E-state index is -3.53. The van der Waals surface area contributed by atoms with Gasteiger partial charge >= 0.3 is 6.03 Å². The van der Waals surface area contributed by atoms with Gasteiger partial charge in [0.05, 0.1) is 18.9 Å². The molecule has 0 aliphatic rings. The maximum absolute atomic E-state index is 12.0. The van der Waals surface area contributed by atoms with Crippen LogP contribution < -0.4 is 20.1 Å². The van der Waals surface area contributed by atoms with Crippen LogP contribution in [0, 0.1) is 0 Å². The molecule has 1 unspecified atom stereocenters. The maximum Gasteiger partial charge on any atom is 0.315 e. The van der Waals surface area contributed by atoms with Gasteiger partial charge in [0.15, 0.2) is 0 Å². The lowest BCUT2D eigenvalue weighted by Crippen LogP contribution is -2.39. The summed E-state index contributed by atoms with van der Waals surface area (Å²) >= 11 is 0. The van der Waals surface area contributed by atoms with E-state index in [0.717, 1.165) is 5.56 Å². The second-order valence-corrected chi connectivity index (χ2v) is 7.53. The number of rotatable bonds is 8. The monoisotopic (exact) mass is 377 g/mol. The summed E-state index contributed by atoms with van der Waals surface area (Å²) < 4.78 is 31.6. The van der Waals surface area contributed by atoms with Gasteiger partial charge in [-0.3, -0.25) is 4.72 Å². The first-order chi connectivity index (χ1) is 12.4. The first kappa shape index (κ1) is 19.6. The molecule has 8 heteroatoms. The van der Waals surface area contributed by atoms with Crippen molar-refractivity contribution in [3.63, 3.8) is 0 Å². The van der Waals surface area contributed by atoms with Crippen molar-refractivity contribution in [2.75, 3.05) is 24.1 Å². The van der Waals surface area contributed by atoms with Gasteiger partial charge < -0.3 is 15.4 Å². The molecule has 0 bridgehead atoms. The lowest BCUT2D eigenvalue weighted by Gasteiger charge is -2.16. The van der Waals surface area contributed by atoms with Crippen molar-refractivity contribution < 1.29 is 17.9 Å². The number of ether oxygens (including phenoxy) is 1. The molecule has 0 aliphatic carbocycles. The Balaban J connectivity index is 1.79. The third kappa shape index (κ3) is 6.29. The number of carbonyl (C=O) groups is 1. The van der Waals surface area contributed by atoms with E-state index in [-0.39, 0.29) is 18.3 Å². The van der Waals surface area contributed by atoms with Crippen LogP contribution in [0.4, 0.5) is 10.5 Å². The number of amides is 2. The quantitative estimate of drug-likeness (QED) is 0.658. The fourth-order valence-corrected chi connectivity index (χ4v) is 3.25. The smallest absolute Gasteiger partial charge is 0.315 e. The zero-order chi connectivity index (χ0) is 19.0. The van der Waals surface area contributed by atoms with Crippen LogP contribution in [-0.2, 0) is 10.0 Å². The van der Waals surface area contributed by atoms with Gasteiger partial charge in [0.2, 0.25) is 10.0 Å². The highest BCUT2D eigenvalue weighted by atomic mass is 32.2. The number of sulfonamides is 1. The molecule has 0 heterocycles. The average molecular weight is 377 g/mol. The Morgan fingerprint density at radius 2 is 1.85 bits per heavy atom. The van der Waals surface area contributed by atoms with Gasteiger partial charge in [-0.15, -0.1) is 0 Å². The van der Waals surface area contributed by atoms with Crippen molar-refractivity contribution in [3.8, 4) is 5.75 Å². The second-order valence-electron chi connectivity index (χ2n) is 5.69. The topological polar surface area (TPSA) is 96.5 Å². The van der Waals surface area contributed by atoms with Crippen LogP contribution in [0.2, 0.25) is 0 Å². The standard InChI is InChI=1S/C18H23N3O4S/c1-14(15-7-6-10-17(13-15)25-2)20-18(22)19-11-12-26(23,24)21-16-8-4-3-5-9-16/h3-10,13-14,21H,11-12H2,1-2H3,(H2,19,20,22). The van der Waals surface area contributed by atoms with E-state index in [0.29, 0.717) is 11.4 Å². The SMILES string of the molecule is COc1cccc(C(C)NC(=O)NCCS(=O)(=O)Nc2ccccc2)c1. The molecule has 0 fully saturated rings. The summed E-state index contributed by atoms with van der Waals surface area (Å²) in [6.45, 7) is 1.83. The Hall–Kier alpha value is -2.74. The number of nitrogens with one attached hydrogen (secondary N) is 3. The Morgan fingerprint density at radius 3 is 2.54 bits per heavy atom. The number of hydrogen-bond acceptors (Lipinski definition) is 4. The molecule has 0 radical (unpaired) electrons. The van der Waals surface area contributed by atoms with E-state index in [1.807, 2.05) is 31.2 Å². The zero-order valence-electron chi connectivity index (χ0n) is 14.7. The van der Waals surface area contributed by atoms with Gasteiger partial charge in [-0.1, -0.05) is 30.3 Å². The molecule has 140 valence electrons. The number of urea groups is 1. The highest BCUT2D eigenvalue weighted by Gasteiger charge is 2.13. The summed E-state index contributed by atoms with van der Waals surface area (Å²) in [6, 6.07) is 15.3. The maximum atomic E-state index is 12.0. The van der Waals surface area contributed by atoms with E-state index in [2.05, 4.69) is 15.4 Å². The van der Waals surface area contributed by atoms with E-state index in [4.69, 9.17) is 4.74 Å². The van der Waals surface area contributed by atoms with Crippen LogP contribution >= 0.6 is 0 Å². The lowest BCUT2D eigenvalue weighted by molar-refractivity contribution is 0.238. The molecule has 2 aromatic rings. The highest BCUT2D eigenvalue weighted by Crippen LogP contribution is 2.18. The van der Waals surface area contributed by atoms with Gasteiger partial charge in [-0.05, 0) is 36.8 Å². The number of carbonyl (C=O) groups excluding carboxylic acids is 1. The minimum Gasteiger partial charge on any atom is -0.497 e. The van der Waals surface area contributed by atoms with Crippen LogP contribution in [-0.4, -0.2) is 33.9 Å².